The van der Waals surface area contributed by atoms with E-state index in [0.29, 0.717) is 30.8 Å². The van der Waals surface area contributed by atoms with Crippen LogP contribution in [-0.2, 0) is 16.2 Å². The standard InChI is InChI=1S/C23H25FN2O2/c24-21-13-7-6-12-20(21)22-14-19(28-25-22)16-26(15-17-8-2-1-3-9-17)23(27)18-10-4-5-11-18/h1-3,6-9,12-13,18-19H,4-5,10-11,14-16H2/t19-/m0/s1. The van der Waals surface area contributed by atoms with Gasteiger partial charge in [-0.05, 0) is 24.5 Å². The van der Waals surface area contributed by atoms with Crippen molar-refractivity contribution in [2.24, 2.45) is 11.1 Å². The molecule has 1 aliphatic heterocycles. The molecule has 28 heavy (non-hydrogen) atoms. The summed E-state index contributed by atoms with van der Waals surface area (Å²) in [6, 6.07) is 16.6. The first-order valence-corrected chi connectivity index (χ1v) is 10.0. The molecule has 1 heterocycles. The summed E-state index contributed by atoms with van der Waals surface area (Å²) in [6.07, 6.45) is 4.43. The molecule has 2 aromatic rings. The van der Waals surface area contributed by atoms with Gasteiger partial charge >= 0.3 is 0 Å². The minimum Gasteiger partial charge on any atom is -0.390 e. The molecule has 0 unspecified atom stereocenters. The van der Waals surface area contributed by atoms with Crippen molar-refractivity contribution in [3.8, 4) is 0 Å². The van der Waals surface area contributed by atoms with Crippen LogP contribution >= 0.6 is 0 Å². The Morgan fingerprint density at radius 2 is 1.79 bits per heavy atom. The van der Waals surface area contributed by atoms with Crippen molar-refractivity contribution in [3.05, 3.63) is 71.5 Å². The fraction of sp³-hybridized carbons (Fsp3) is 0.391. The van der Waals surface area contributed by atoms with Crippen molar-refractivity contribution in [2.45, 2.75) is 44.8 Å². The Morgan fingerprint density at radius 1 is 1.07 bits per heavy atom. The highest BCUT2D eigenvalue weighted by atomic mass is 19.1. The molecular weight excluding hydrogens is 355 g/mol. The van der Waals surface area contributed by atoms with Gasteiger partial charge in [0.25, 0.3) is 0 Å². The van der Waals surface area contributed by atoms with Gasteiger partial charge in [0.2, 0.25) is 5.91 Å². The number of carbonyl (C=O) groups is 1. The van der Waals surface area contributed by atoms with Gasteiger partial charge in [-0.25, -0.2) is 4.39 Å². The zero-order valence-electron chi connectivity index (χ0n) is 15.9. The van der Waals surface area contributed by atoms with E-state index in [2.05, 4.69) is 5.16 Å². The van der Waals surface area contributed by atoms with E-state index in [1.807, 2.05) is 35.2 Å². The average Bonchev–Trinajstić information content (AvgIpc) is 3.40. The van der Waals surface area contributed by atoms with Crippen LogP contribution in [0.1, 0.15) is 43.2 Å². The van der Waals surface area contributed by atoms with E-state index in [4.69, 9.17) is 4.84 Å². The molecule has 5 heteroatoms. The Hall–Kier alpha value is -2.69. The molecule has 0 N–H and O–H groups in total. The van der Waals surface area contributed by atoms with Crippen LogP contribution in [-0.4, -0.2) is 29.2 Å². The lowest BCUT2D eigenvalue weighted by Crippen LogP contribution is -2.40. The van der Waals surface area contributed by atoms with Gasteiger partial charge in [0, 0.05) is 24.4 Å². The van der Waals surface area contributed by atoms with Crippen LogP contribution in [0.25, 0.3) is 0 Å². The van der Waals surface area contributed by atoms with Crippen molar-refractivity contribution in [3.63, 3.8) is 0 Å². The first kappa shape index (κ1) is 18.7. The number of oxime groups is 1. The van der Waals surface area contributed by atoms with Crippen molar-refractivity contribution in [2.75, 3.05) is 6.54 Å². The second kappa shape index (κ2) is 8.55. The van der Waals surface area contributed by atoms with Crippen LogP contribution < -0.4 is 0 Å². The molecule has 2 aliphatic rings. The molecule has 2 aromatic carbocycles. The zero-order chi connectivity index (χ0) is 19.3. The van der Waals surface area contributed by atoms with Gasteiger partial charge in [-0.3, -0.25) is 4.79 Å². The molecule has 0 radical (unpaired) electrons. The van der Waals surface area contributed by atoms with E-state index in [-0.39, 0.29) is 23.7 Å². The fourth-order valence-corrected chi connectivity index (χ4v) is 4.09. The maximum absolute atomic E-state index is 14.1. The van der Waals surface area contributed by atoms with E-state index in [0.717, 1.165) is 31.2 Å². The van der Waals surface area contributed by atoms with Crippen LogP contribution in [0.2, 0.25) is 0 Å². The summed E-state index contributed by atoms with van der Waals surface area (Å²) in [5, 5.41) is 4.10. The second-order valence-electron chi connectivity index (χ2n) is 7.64. The Labute approximate surface area is 165 Å². The summed E-state index contributed by atoms with van der Waals surface area (Å²) in [7, 11) is 0. The normalized spacial score (nSPS) is 19.3. The number of amides is 1. The quantitative estimate of drug-likeness (QED) is 0.738. The molecular formula is C23H25FN2O2. The number of hydrogen-bond donors (Lipinski definition) is 0. The topological polar surface area (TPSA) is 41.9 Å². The largest absolute Gasteiger partial charge is 0.390 e. The SMILES string of the molecule is O=C(C1CCCC1)N(Cc1ccccc1)C[C@@H]1CC(c2ccccc2F)=NO1. The predicted molar refractivity (Wildman–Crippen MR) is 106 cm³/mol. The fourth-order valence-electron chi connectivity index (χ4n) is 4.09. The first-order chi connectivity index (χ1) is 13.7. The molecule has 1 fully saturated rings. The monoisotopic (exact) mass is 380 g/mol. The maximum Gasteiger partial charge on any atom is 0.226 e. The predicted octanol–water partition coefficient (Wildman–Crippen LogP) is 4.54. The molecule has 0 spiro atoms. The highest BCUT2D eigenvalue weighted by Crippen LogP contribution is 2.28. The molecule has 4 rings (SSSR count). The van der Waals surface area contributed by atoms with E-state index in [9.17, 15) is 9.18 Å². The van der Waals surface area contributed by atoms with Crippen LogP contribution in [0.15, 0.2) is 59.8 Å². The maximum atomic E-state index is 14.1. The van der Waals surface area contributed by atoms with E-state index >= 15 is 0 Å². The smallest absolute Gasteiger partial charge is 0.226 e. The number of halogens is 1. The summed E-state index contributed by atoms with van der Waals surface area (Å²) >= 11 is 0. The molecule has 1 saturated carbocycles. The first-order valence-electron chi connectivity index (χ1n) is 10.0. The van der Waals surface area contributed by atoms with Crippen LogP contribution in [0, 0.1) is 11.7 Å². The number of benzene rings is 2. The summed E-state index contributed by atoms with van der Waals surface area (Å²) in [5.74, 6) is 0.00930. The lowest BCUT2D eigenvalue weighted by atomic mass is 10.0. The van der Waals surface area contributed by atoms with Gasteiger partial charge in [-0.2, -0.15) is 0 Å². The summed E-state index contributed by atoms with van der Waals surface area (Å²) < 4.78 is 14.1. The van der Waals surface area contributed by atoms with Gasteiger partial charge in [0.15, 0.2) is 6.10 Å². The van der Waals surface area contributed by atoms with Crippen LogP contribution in [0.5, 0.6) is 0 Å². The zero-order valence-corrected chi connectivity index (χ0v) is 15.9. The number of hydrogen-bond acceptors (Lipinski definition) is 3. The summed E-state index contributed by atoms with van der Waals surface area (Å²) in [6.45, 7) is 1.02. The van der Waals surface area contributed by atoms with Crippen molar-refractivity contribution >= 4 is 11.6 Å². The lowest BCUT2D eigenvalue weighted by Gasteiger charge is -2.27. The molecule has 4 nitrogen and oxygen atoms in total. The minimum absolute atomic E-state index is 0.108. The minimum atomic E-state index is -0.298. The Kier molecular flexibility index (Phi) is 5.70. The van der Waals surface area contributed by atoms with Crippen molar-refractivity contribution < 1.29 is 14.0 Å². The molecule has 0 saturated heterocycles. The third-order valence-corrected chi connectivity index (χ3v) is 5.57. The van der Waals surface area contributed by atoms with Crippen LogP contribution in [0.4, 0.5) is 4.39 Å². The van der Waals surface area contributed by atoms with Crippen molar-refractivity contribution in [1.29, 1.82) is 0 Å². The average molecular weight is 380 g/mol. The molecule has 0 aromatic heterocycles. The third kappa shape index (κ3) is 4.24. The van der Waals surface area contributed by atoms with E-state index in [1.165, 1.54) is 6.07 Å². The molecule has 146 valence electrons. The van der Waals surface area contributed by atoms with Gasteiger partial charge in [-0.1, -0.05) is 66.5 Å². The Balaban J connectivity index is 1.45. The van der Waals surface area contributed by atoms with E-state index in [1.54, 1.807) is 18.2 Å². The molecule has 0 bridgehead atoms. The van der Waals surface area contributed by atoms with Gasteiger partial charge in [0.1, 0.15) is 5.82 Å². The number of rotatable bonds is 6. The van der Waals surface area contributed by atoms with Crippen LogP contribution in [0.3, 0.4) is 0 Å². The van der Waals surface area contributed by atoms with Gasteiger partial charge < -0.3 is 9.74 Å². The van der Waals surface area contributed by atoms with E-state index < -0.39 is 0 Å². The van der Waals surface area contributed by atoms with Crippen molar-refractivity contribution in [1.82, 2.24) is 4.90 Å². The Morgan fingerprint density at radius 3 is 2.54 bits per heavy atom. The van der Waals surface area contributed by atoms with Gasteiger partial charge in [0.05, 0.1) is 12.3 Å². The second-order valence-corrected chi connectivity index (χ2v) is 7.64. The highest BCUT2D eigenvalue weighted by molar-refractivity contribution is 6.01. The molecule has 1 atom stereocenters. The number of carbonyl (C=O) groups excluding carboxylic acids is 1. The lowest BCUT2D eigenvalue weighted by molar-refractivity contribution is -0.137. The van der Waals surface area contributed by atoms with Gasteiger partial charge in [-0.15, -0.1) is 0 Å². The highest BCUT2D eigenvalue weighted by Gasteiger charge is 2.32. The summed E-state index contributed by atoms with van der Waals surface area (Å²) in [5.41, 5.74) is 2.18. The molecule has 1 aliphatic carbocycles. The third-order valence-electron chi connectivity index (χ3n) is 5.57. The molecule has 1 amide bonds. The number of nitrogens with zero attached hydrogens (tertiary/aromatic N) is 2. The Bertz CT molecular complexity index is 847. The summed E-state index contributed by atoms with van der Waals surface area (Å²) in [4.78, 5) is 20.6.